The quantitative estimate of drug-likeness (QED) is 0.698. The van der Waals surface area contributed by atoms with Crippen molar-refractivity contribution in [1.82, 2.24) is 10.3 Å². The molecule has 0 radical (unpaired) electrons. The van der Waals surface area contributed by atoms with E-state index in [-0.39, 0.29) is 23.7 Å². The van der Waals surface area contributed by atoms with Gasteiger partial charge in [-0.3, -0.25) is 4.79 Å². The molecule has 6 heteroatoms. The summed E-state index contributed by atoms with van der Waals surface area (Å²) >= 11 is 0. The molecule has 1 N–H and O–H groups in total. The molecule has 0 saturated heterocycles. The van der Waals surface area contributed by atoms with Crippen LogP contribution in [0, 0.1) is 11.6 Å². The Balaban J connectivity index is 1.47. The van der Waals surface area contributed by atoms with Gasteiger partial charge in [-0.05, 0) is 24.1 Å². The molecule has 0 atom stereocenters. The number of amides is 1. The van der Waals surface area contributed by atoms with Crippen molar-refractivity contribution >= 4 is 5.91 Å². The number of benzene rings is 2. The molecule has 4 nitrogen and oxygen atoms in total. The van der Waals surface area contributed by atoms with Gasteiger partial charge < -0.3 is 9.73 Å². The number of hydrogen-bond donors (Lipinski definition) is 1. The zero-order chi connectivity index (χ0) is 18.4. The number of oxazole rings is 1. The maximum atomic E-state index is 13.7. The van der Waals surface area contributed by atoms with Crippen LogP contribution in [-0.2, 0) is 17.6 Å². The van der Waals surface area contributed by atoms with E-state index in [2.05, 4.69) is 10.3 Å². The Hall–Kier alpha value is -3.02. The number of halogens is 2. The first-order valence-electron chi connectivity index (χ1n) is 8.32. The van der Waals surface area contributed by atoms with Crippen molar-refractivity contribution in [2.75, 3.05) is 6.54 Å². The van der Waals surface area contributed by atoms with Crippen molar-refractivity contribution in [1.29, 1.82) is 0 Å². The molecule has 0 aliphatic carbocycles. The van der Waals surface area contributed by atoms with Crippen LogP contribution >= 0.6 is 0 Å². The molecule has 1 aromatic heterocycles. The molecular formula is C20H18F2N2O2. The third-order valence-electron chi connectivity index (χ3n) is 3.89. The number of rotatable bonds is 7. The van der Waals surface area contributed by atoms with E-state index in [9.17, 15) is 13.6 Å². The van der Waals surface area contributed by atoms with Crippen molar-refractivity contribution in [2.24, 2.45) is 0 Å². The van der Waals surface area contributed by atoms with Crippen LogP contribution in [0.2, 0.25) is 0 Å². The molecule has 0 spiro atoms. The normalized spacial score (nSPS) is 10.7. The molecule has 0 fully saturated rings. The molecule has 0 saturated carbocycles. The fourth-order valence-electron chi connectivity index (χ4n) is 2.54. The van der Waals surface area contributed by atoms with Crippen LogP contribution in [0.5, 0.6) is 0 Å². The Kier molecular flexibility index (Phi) is 5.73. The topological polar surface area (TPSA) is 55.1 Å². The fourth-order valence-corrected chi connectivity index (χ4v) is 2.54. The van der Waals surface area contributed by atoms with Gasteiger partial charge in [-0.15, -0.1) is 0 Å². The van der Waals surface area contributed by atoms with Crippen LogP contribution in [0.1, 0.15) is 17.9 Å². The molecule has 26 heavy (non-hydrogen) atoms. The van der Waals surface area contributed by atoms with Crippen LogP contribution in [0.3, 0.4) is 0 Å². The van der Waals surface area contributed by atoms with Crippen LogP contribution in [0.4, 0.5) is 8.78 Å². The summed E-state index contributed by atoms with van der Waals surface area (Å²) in [5, 5.41) is 2.85. The summed E-state index contributed by atoms with van der Waals surface area (Å²) in [6.07, 6.45) is 2.67. The van der Waals surface area contributed by atoms with Crippen LogP contribution < -0.4 is 5.32 Å². The molecule has 0 unspecified atom stereocenters. The molecule has 1 amide bonds. The highest BCUT2D eigenvalue weighted by molar-refractivity contribution is 5.76. The molecule has 3 aromatic rings. The second-order valence-electron chi connectivity index (χ2n) is 5.83. The zero-order valence-electron chi connectivity index (χ0n) is 14.0. The summed E-state index contributed by atoms with van der Waals surface area (Å²) in [5.74, 6) is -0.929. The Morgan fingerprint density at radius 2 is 1.88 bits per heavy atom. The lowest BCUT2D eigenvalue weighted by atomic mass is 10.1. The molecule has 134 valence electrons. The third kappa shape index (κ3) is 4.75. The molecule has 0 bridgehead atoms. The minimum absolute atomic E-state index is 0.103. The Labute approximate surface area is 149 Å². The number of nitrogens with one attached hydrogen (secondary N) is 1. The maximum absolute atomic E-state index is 13.7. The van der Waals surface area contributed by atoms with Gasteiger partial charge in [0, 0.05) is 25.5 Å². The summed E-state index contributed by atoms with van der Waals surface area (Å²) in [7, 11) is 0. The minimum atomic E-state index is -0.716. The summed E-state index contributed by atoms with van der Waals surface area (Å²) in [6.45, 7) is 0.556. The number of nitrogens with zero attached hydrogens (tertiary/aromatic N) is 1. The van der Waals surface area contributed by atoms with E-state index in [1.807, 2.05) is 30.3 Å². The van der Waals surface area contributed by atoms with Gasteiger partial charge in [0.25, 0.3) is 0 Å². The summed E-state index contributed by atoms with van der Waals surface area (Å²) < 4.78 is 32.2. The summed E-state index contributed by atoms with van der Waals surface area (Å²) in [4.78, 5) is 15.9. The number of carbonyl (C=O) groups excluding carboxylic acids is 1. The van der Waals surface area contributed by atoms with E-state index in [1.165, 1.54) is 12.3 Å². The zero-order valence-corrected chi connectivity index (χ0v) is 14.0. The summed E-state index contributed by atoms with van der Waals surface area (Å²) in [6, 6.07) is 13.1. The predicted molar refractivity (Wildman–Crippen MR) is 93.3 cm³/mol. The highest BCUT2D eigenvalue weighted by Gasteiger charge is 2.13. The lowest BCUT2D eigenvalue weighted by Gasteiger charge is -2.04. The lowest BCUT2D eigenvalue weighted by molar-refractivity contribution is -0.121. The largest absolute Gasteiger partial charge is 0.441 e. The first kappa shape index (κ1) is 17.8. The highest BCUT2D eigenvalue weighted by Crippen LogP contribution is 2.24. The van der Waals surface area contributed by atoms with Crippen molar-refractivity contribution in [3.8, 4) is 11.3 Å². The number of aryl methyl sites for hydroxylation is 1. The van der Waals surface area contributed by atoms with Crippen molar-refractivity contribution in [2.45, 2.75) is 19.3 Å². The Morgan fingerprint density at radius 1 is 1.08 bits per heavy atom. The van der Waals surface area contributed by atoms with Gasteiger partial charge in [-0.25, -0.2) is 13.8 Å². The van der Waals surface area contributed by atoms with Gasteiger partial charge in [0.15, 0.2) is 11.7 Å². The standard InChI is InChI=1S/C20H18F2N2O2/c21-15-6-7-16(17(22)12-15)18-13-24-20(26-18)9-8-19(25)23-11-10-14-4-2-1-3-5-14/h1-7,12-13H,8-11H2,(H,23,25). The first-order chi connectivity index (χ1) is 12.6. The van der Waals surface area contributed by atoms with Crippen LogP contribution in [0.25, 0.3) is 11.3 Å². The van der Waals surface area contributed by atoms with E-state index in [1.54, 1.807) is 0 Å². The number of hydrogen-bond acceptors (Lipinski definition) is 3. The van der Waals surface area contributed by atoms with Gasteiger partial charge in [-0.1, -0.05) is 30.3 Å². The molecule has 0 aliphatic rings. The molecule has 2 aromatic carbocycles. The number of carbonyl (C=O) groups is 1. The van der Waals surface area contributed by atoms with Gasteiger partial charge >= 0.3 is 0 Å². The maximum Gasteiger partial charge on any atom is 0.220 e. The average Bonchev–Trinajstić information content (AvgIpc) is 3.09. The van der Waals surface area contributed by atoms with E-state index < -0.39 is 11.6 Å². The van der Waals surface area contributed by atoms with E-state index in [0.29, 0.717) is 18.9 Å². The molecular weight excluding hydrogens is 338 g/mol. The van der Waals surface area contributed by atoms with Gasteiger partial charge in [0.1, 0.15) is 11.6 Å². The predicted octanol–water partition coefficient (Wildman–Crippen LogP) is 3.91. The first-order valence-corrected chi connectivity index (χ1v) is 8.32. The van der Waals surface area contributed by atoms with Gasteiger partial charge in [0.2, 0.25) is 5.91 Å². The van der Waals surface area contributed by atoms with Crippen LogP contribution in [0.15, 0.2) is 59.1 Å². The van der Waals surface area contributed by atoms with Crippen molar-refractivity contribution < 1.29 is 18.0 Å². The Morgan fingerprint density at radius 3 is 2.65 bits per heavy atom. The van der Waals surface area contributed by atoms with Crippen molar-refractivity contribution in [3.05, 3.63) is 77.8 Å². The SMILES string of the molecule is O=C(CCc1ncc(-c2ccc(F)cc2F)o1)NCCc1ccccc1. The van der Waals surface area contributed by atoms with E-state index >= 15 is 0 Å². The third-order valence-corrected chi connectivity index (χ3v) is 3.89. The average molecular weight is 356 g/mol. The molecule has 0 aliphatic heterocycles. The summed E-state index contributed by atoms with van der Waals surface area (Å²) in [5.41, 5.74) is 1.30. The minimum Gasteiger partial charge on any atom is -0.441 e. The van der Waals surface area contributed by atoms with Gasteiger partial charge in [-0.2, -0.15) is 0 Å². The van der Waals surface area contributed by atoms with Crippen molar-refractivity contribution in [3.63, 3.8) is 0 Å². The second kappa shape index (κ2) is 8.38. The molecule has 3 rings (SSSR count). The lowest BCUT2D eigenvalue weighted by Crippen LogP contribution is -2.25. The monoisotopic (exact) mass is 356 g/mol. The molecule has 1 heterocycles. The smallest absolute Gasteiger partial charge is 0.220 e. The number of aromatic nitrogens is 1. The van der Waals surface area contributed by atoms with E-state index in [4.69, 9.17) is 4.42 Å². The Bertz CT molecular complexity index is 879. The van der Waals surface area contributed by atoms with Crippen LogP contribution in [-0.4, -0.2) is 17.4 Å². The van der Waals surface area contributed by atoms with E-state index in [0.717, 1.165) is 24.1 Å². The second-order valence-corrected chi connectivity index (χ2v) is 5.83. The van der Waals surface area contributed by atoms with Gasteiger partial charge in [0.05, 0.1) is 11.8 Å². The fraction of sp³-hybridized carbons (Fsp3) is 0.200. The highest BCUT2D eigenvalue weighted by atomic mass is 19.1.